The normalized spacial score (nSPS) is 24.0. The summed E-state index contributed by atoms with van der Waals surface area (Å²) in [5, 5.41) is 3.97. The largest absolute Gasteiger partial charge is 0.332 e. The molecule has 0 aliphatic carbocycles. The van der Waals surface area contributed by atoms with E-state index in [1.165, 1.54) is 21.4 Å². The third-order valence-electron chi connectivity index (χ3n) is 5.14. The SMILES string of the molecule is Cn1cc(S(=O)(=O)N2CC3CCC(C2)N(Cc2ccccn2)C3=O)cn1. The van der Waals surface area contributed by atoms with E-state index in [1.807, 2.05) is 18.2 Å². The molecule has 8 nitrogen and oxygen atoms in total. The van der Waals surface area contributed by atoms with Crippen LogP contribution in [0.25, 0.3) is 0 Å². The molecule has 2 aromatic heterocycles. The molecule has 2 bridgehead atoms. The fourth-order valence-electron chi connectivity index (χ4n) is 3.75. The van der Waals surface area contributed by atoms with E-state index in [0.29, 0.717) is 13.1 Å². The molecule has 2 aromatic rings. The Morgan fingerprint density at radius 2 is 2.08 bits per heavy atom. The lowest BCUT2D eigenvalue weighted by molar-refractivity contribution is -0.140. The minimum atomic E-state index is -3.65. The maximum absolute atomic E-state index is 13.0. The Bertz CT molecular complexity index is 911. The zero-order chi connectivity index (χ0) is 18.3. The molecule has 2 atom stereocenters. The third-order valence-corrected chi connectivity index (χ3v) is 6.92. The number of sulfonamides is 1. The number of amides is 1. The molecule has 0 radical (unpaired) electrons. The molecule has 0 saturated carbocycles. The van der Waals surface area contributed by atoms with Crippen LogP contribution in [0.2, 0.25) is 0 Å². The summed E-state index contributed by atoms with van der Waals surface area (Å²) in [6.07, 6.45) is 6.09. The van der Waals surface area contributed by atoms with Gasteiger partial charge in [0.25, 0.3) is 0 Å². The Morgan fingerprint density at radius 1 is 1.23 bits per heavy atom. The van der Waals surface area contributed by atoms with E-state index in [2.05, 4.69) is 10.1 Å². The Kier molecular flexibility index (Phi) is 4.28. The van der Waals surface area contributed by atoms with Crippen molar-refractivity contribution >= 4 is 15.9 Å². The van der Waals surface area contributed by atoms with Crippen molar-refractivity contribution in [1.29, 1.82) is 0 Å². The van der Waals surface area contributed by atoms with Crippen LogP contribution in [0.4, 0.5) is 0 Å². The number of carbonyl (C=O) groups is 1. The number of nitrogens with zero attached hydrogens (tertiary/aromatic N) is 5. The third kappa shape index (κ3) is 3.01. The molecular formula is C17H21N5O3S. The fraction of sp³-hybridized carbons (Fsp3) is 0.471. The van der Waals surface area contributed by atoms with E-state index in [1.54, 1.807) is 18.1 Å². The number of fused-ring (bicyclic) bond motifs is 4. The molecule has 3 fully saturated rings. The maximum atomic E-state index is 13.0. The second-order valence-electron chi connectivity index (χ2n) is 6.89. The zero-order valence-corrected chi connectivity index (χ0v) is 15.3. The molecule has 5 heterocycles. The average Bonchev–Trinajstić information content (AvgIpc) is 2.89. The first-order valence-electron chi connectivity index (χ1n) is 8.64. The van der Waals surface area contributed by atoms with Crippen LogP contribution < -0.4 is 0 Å². The molecule has 9 heteroatoms. The minimum Gasteiger partial charge on any atom is -0.332 e. The lowest BCUT2D eigenvalue weighted by Crippen LogP contribution is -2.47. The van der Waals surface area contributed by atoms with E-state index in [9.17, 15) is 13.2 Å². The highest BCUT2D eigenvalue weighted by Gasteiger charge is 2.44. The summed E-state index contributed by atoms with van der Waals surface area (Å²) >= 11 is 0. The van der Waals surface area contributed by atoms with E-state index in [0.717, 1.165) is 18.5 Å². The lowest BCUT2D eigenvalue weighted by Gasteiger charge is -2.35. The number of rotatable bonds is 4. The molecule has 138 valence electrons. The number of aromatic nitrogens is 3. The minimum absolute atomic E-state index is 0.0239. The summed E-state index contributed by atoms with van der Waals surface area (Å²) in [5.74, 6) is -0.278. The van der Waals surface area contributed by atoms with Gasteiger partial charge in [-0.2, -0.15) is 9.40 Å². The van der Waals surface area contributed by atoms with Crippen molar-refractivity contribution < 1.29 is 13.2 Å². The molecule has 5 rings (SSSR count). The Morgan fingerprint density at radius 3 is 2.77 bits per heavy atom. The van der Waals surface area contributed by atoms with Gasteiger partial charge in [0.05, 0.1) is 24.4 Å². The van der Waals surface area contributed by atoms with Gasteiger partial charge >= 0.3 is 0 Å². The van der Waals surface area contributed by atoms with E-state index >= 15 is 0 Å². The number of pyridine rings is 1. The lowest BCUT2D eigenvalue weighted by atomic mass is 9.94. The summed E-state index contributed by atoms with van der Waals surface area (Å²) in [6.45, 7) is 0.958. The molecule has 3 aliphatic rings. The van der Waals surface area contributed by atoms with Crippen LogP contribution in [-0.2, 0) is 28.4 Å². The molecular weight excluding hydrogens is 354 g/mol. The summed E-state index contributed by atoms with van der Waals surface area (Å²) in [5.41, 5.74) is 0.815. The highest BCUT2D eigenvalue weighted by molar-refractivity contribution is 7.89. The van der Waals surface area contributed by atoms with Gasteiger partial charge in [0.2, 0.25) is 15.9 Å². The molecule has 0 aromatic carbocycles. The van der Waals surface area contributed by atoms with Crippen molar-refractivity contribution in [2.75, 3.05) is 13.1 Å². The molecule has 1 amide bonds. The smallest absolute Gasteiger partial charge is 0.246 e. The molecule has 0 N–H and O–H groups in total. The van der Waals surface area contributed by atoms with Gasteiger partial charge in [-0.3, -0.25) is 14.5 Å². The van der Waals surface area contributed by atoms with Crippen molar-refractivity contribution in [3.63, 3.8) is 0 Å². The molecule has 26 heavy (non-hydrogen) atoms. The topological polar surface area (TPSA) is 88.4 Å². The van der Waals surface area contributed by atoms with Crippen molar-refractivity contribution in [2.45, 2.75) is 30.3 Å². The van der Waals surface area contributed by atoms with Crippen molar-refractivity contribution in [3.8, 4) is 0 Å². The first-order valence-corrected chi connectivity index (χ1v) is 10.1. The number of piperidine rings is 1. The first kappa shape index (κ1) is 17.2. The van der Waals surface area contributed by atoms with Gasteiger partial charge in [0.1, 0.15) is 4.90 Å². The highest BCUT2D eigenvalue weighted by atomic mass is 32.2. The number of hydrogen-bond donors (Lipinski definition) is 0. The monoisotopic (exact) mass is 375 g/mol. The van der Waals surface area contributed by atoms with Gasteiger partial charge in [0, 0.05) is 38.6 Å². The van der Waals surface area contributed by atoms with Gasteiger partial charge < -0.3 is 4.90 Å². The predicted octanol–water partition coefficient (Wildman–Crippen LogP) is 0.627. The van der Waals surface area contributed by atoms with Gasteiger partial charge in [-0.05, 0) is 25.0 Å². The van der Waals surface area contributed by atoms with Crippen LogP contribution in [0, 0.1) is 5.92 Å². The molecule has 2 unspecified atom stereocenters. The Labute approximate surface area is 152 Å². The summed E-state index contributed by atoms with van der Waals surface area (Å²) in [7, 11) is -1.97. The summed E-state index contributed by atoms with van der Waals surface area (Å²) < 4.78 is 28.9. The fourth-order valence-corrected chi connectivity index (χ4v) is 5.26. The second-order valence-corrected chi connectivity index (χ2v) is 8.82. The van der Waals surface area contributed by atoms with Gasteiger partial charge in [-0.1, -0.05) is 6.07 Å². The highest BCUT2D eigenvalue weighted by Crippen LogP contribution is 2.32. The first-order chi connectivity index (χ1) is 12.4. The van der Waals surface area contributed by atoms with Crippen LogP contribution in [0.1, 0.15) is 18.5 Å². The van der Waals surface area contributed by atoms with E-state index < -0.39 is 10.0 Å². The van der Waals surface area contributed by atoms with Gasteiger partial charge in [-0.25, -0.2) is 8.42 Å². The number of carbonyl (C=O) groups excluding carboxylic acids is 1. The van der Waals surface area contributed by atoms with Crippen molar-refractivity contribution in [1.82, 2.24) is 24.0 Å². The maximum Gasteiger partial charge on any atom is 0.246 e. The van der Waals surface area contributed by atoms with Crippen LogP contribution in [0.5, 0.6) is 0 Å². The standard InChI is InChI=1S/C17H21N5O3S/c1-20-12-16(8-19-20)26(24,25)21-9-13-5-6-15(11-21)22(17(13)23)10-14-4-2-3-7-18-14/h2-4,7-8,12-13,15H,5-6,9-11H2,1H3. The van der Waals surface area contributed by atoms with Crippen LogP contribution in [0.15, 0.2) is 41.7 Å². The molecule has 3 saturated heterocycles. The second kappa shape index (κ2) is 6.48. The van der Waals surface area contributed by atoms with Crippen molar-refractivity contribution in [2.24, 2.45) is 13.0 Å². The van der Waals surface area contributed by atoms with Crippen LogP contribution in [-0.4, -0.2) is 57.4 Å². The quantitative estimate of drug-likeness (QED) is 0.782. The molecule has 3 aliphatic heterocycles. The Balaban J connectivity index is 1.61. The summed E-state index contributed by atoms with van der Waals surface area (Å²) in [6, 6.07) is 5.48. The van der Waals surface area contributed by atoms with Crippen LogP contribution >= 0.6 is 0 Å². The van der Waals surface area contributed by atoms with Crippen molar-refractivity contribution in [3.05, 3.63) is 42.5 Å². The Hall–Kier alpha value is -2.26. The van der Waals surface area contributed by atoms with Gasteiger partial charge in [0.15, 0.2) is 0 Å². The van der Waals surface area contributed by atoms with E-state index in [-0.39, 0.29) is 29.3 Å². The predicted molar refractivity (Wildman–Crippen MR) is 93.3 cm³/mol. The summed E-state index contributed by atoms with van der Waals surface area (Å²) in [4.78, 5) is 19.2. The van der Waals surface area contributed by atoms with E-state index in [4.69, 9.17) is 0 Å². The number of aryl methyl sites for hydroxylation is 1. The average molecular weight is 375 g/mol. The molecule has 0 spiro atoms. The zero-order valence-electron chi connectivity index (χ0n) is 14.5. The van der Waals surface area contributed by atoms with Crippen LogP contribution in [0.3, 0.4) is 0 Å². The van der Waals surface area contributed by atoms with Gasteiger partial charge in [-0.15, -0.1) is 0 Å². The number of hydrogen-bond acceptors (Lipinski definition) is 5.